The fraction of sp³-hybridized carbons (Fsp3) is 0.412. The van der Waals surface area contributed by atoms with Gasteiger partial charge in [0.2, 0.25) is 0 Å². The number of amides is 1. The lowest BCUT2D eigenvalue weighted by Crippen LogP contribution is -2.44. The minimum atomic E-state index is -1.07. The smallest absolute Gasteiger partial charge is 0.347 e. The third-order valence-electron chi connectivity index (χ3n) is 4.71. The molecule has 0 saturated carbocycles. The van der Waals surface area contributed by atoms with Crippen molar-refractivity contribution in [3.05, 3.63) is 32.0 Å². The van der Waals surface area contributed by atoms with Gasteiger partial charge >= 0.3 is 5.97 Å². The van der Waals surface area contributed by atoms with Gasteiger partial charge in [0.05, 0.1) is 22.3 Å². The normalized spacial score (nSPS) is 14.6. The summed E-state index contributed by atoms with van der Waals surface area (Å²) in [7, 11) is 0. The van der Waals surface area contributed by atoms with Crippen LogP contribution in [0.4, 0.5) is 5.13 Å². The number of anilines is 1. The van der Waals surface area contributed by atoms with Gasteiger partial charge in [-0.25, -0.2) is 9.78 Å². The van der Waals surface area contributed by atoms with Gasteiger partial charge in [0.15, 0.2) is 11.1 Å². The summed E-state index contributed by atoms with van der Waals surface area (Å²) in [4.78, 5) is 33.4. The number of hydrogen-bond donors (Lipinski definition) is 6. The highest BCUT2D eigenvalue weighted by atomic mass is 35.5. The average Bonchev–Trinajstić information content (AvgIpc) is 3.24. The second-order valence-corrected chi connectivity index (χ2v) is 8.57. The Bertz CT molecular complexity index is 982. The van der Waals surface area contributed by atoms with Gasteiger partial charge < -0.3 is 31.4 Å². The van der Waals surface area contributed by atoms with E-state index in [-0.39, 0.29) is 40.0 Å². The Kier molecular flexibility index (Phi) is 6.74. The molecule has 0 unspecified atom stereocenters. The SMILES string of the molecule is Cc1[nH]c(C(=O)NC2CCN(c3nc(CNC(=N)N)c(C(=O)O)s3)CC2)c(Cl)c1Cl. The number of aromatic carboxylic acids is 1. The van der Waals surface area contributed by atoms with Gasteiger partial charge in [0.1, 0.15) is 10.6 Å². The van der Waals surface area contributed by atoms with Crippen LogP contribution in [0.1, 0.15) is 44.4 Å². The summed E-state index contributed by atoms with van der Waals surface area (Å²) in [6.07, 6.45) is 1.33. The van der Waals surface area contributed by atoms with Crippen molar-refractivity contribution in [1.82, 2.24) is 20.6 Å². The number of guanidine groups is 1. The molecule has 0 radical (unpaired) electrons. The summed E-state index contributed by atoms with van der Waals surface area (Å²) < 4.78 is 0. The maximum atomic E-state index is 12.5. The van der Waals surface area contributed by atoms with Crippen molar-refractivity contribution in [2.75, 3.05) is 18.0 Å². The number of rotatable bonds is 6. The first-order valence-corrected chi connectivity index (χ1v) is 10.6. The molecule has 1 fully saturated rings. The number of carboxylic acid groups (broad SMARTS) is 1. The molecule has 0 aliphatic carbocycles. The number of halogens is 2. The molecule has 162 valence electrons. The van der Waals surface area contributed by atoms with Crippen LogP contribution in [0.3, 0.4) is 0 Å². The van der Waals surface area contributed by atoms with Crippen LogP contribution in [0.25, 0.3) is 0 Å². The number of carbonyl (C=O) groups is 2. The van der Waals surface area contributed by atoms with E-state index in [4.69, 9.17) is 34.3 Å². The molecule has 2 aromatic rings. The Hall–Kier alpha value is -2.50. The molecular weight excluding hydrogens is 453 g/mol. The second kappa shape index (κ2) is 9.11. The van der Waals surface area contributed by atoms with Gasteiger partial charge in [0, 0.05) is 24.8 Å². The topological polar surface area (TPSA) is 160 Å². The number of aromatic nitrogens is 2. The zero-order chi connectivity index (χ0) is 22.0. The van der Waals surface area contributed by atoms with E-state index >= 15 is 0 Å². The number of thiazole rings is 1. The molecule has 0 bridgehead atoms. The molecule has 1 aliphatic rings. The number of piperidine rings is 1. The zero-order valence-corrected chi connectivity index (χ0v) is 18.3. The molecule has 0 atom stereocenters. The Morgan fingerprint density at radius 2 is 2.03 bits per heavy atom. The number of nitrogens with zero attached hydrogens (tertiary/aromatic N) is 2. The number of hydrogen-bond acceptors (Lipinski definition) is 6. The number of carbonyl (C=O) groups excluding carboxylic acids is 1. The Balaban J connectivity index is 1.62. The number of aromatic amines is 1. The second-order valence-electron chi connectivity index (χ2n) is 6.83. The summed E-state index contributed by atoms with van der Waals surface area (Å²) >= 11 is 13.2. The van der Waals surface area contributed by atoms with E-state index in [1.54, 1.807) is 6.92 Å². The van der Waals surface area contributed by atoms with Gasteiger partial charge in [-0.05, 0) is 19.8 Å². The van der Waals surface area contributed by atoms with E-state index < -0.39 is 5.97 Å². The minimum Gasteiger partial charge on any atom is -0.477 e. The average molecular weight is 474 g/mol. The molecule has 3 rings (SSSR count). The van der Waals surface area contributed by atoms with Gasteiger partial charge in [-0.2, -0.15) is 0 Å². The molecule has 7 N–H and O–H groups in total. The van der Waals surface area contributed by atoms with Crippen LogP contribution in [0, 0.1) is 12.3 Å². The molecule has 2 aromatic heterocycles. The van der Waals surface area contributed by atoms with Crippen LogP contribution in [0.2, 0.25) is 10.0 Å². The number of aryl methyl sites for hydroxylation is 1. The third kappa shape index (κ3) is 4.79. The van der Waals surface area contributed by atoms with Crippen molar-refractivity contribution in [1.29, 1.82) is 5.41 Å². The molecule has 10 nitrogen and oxygen atoms in total. The van der Waals surface area contributed by atoms with Crippen molar-refractivity contribution < 1.29 is 14.7 Å². The monoisotopic (exact) mass is 473 g/mol. The van der Waals surface area contributed by atoms with Gasteiger partial charge in [0.25, 0.3) is 5.91 Å². The molecule has 3 heterocycles. The molecule has 0 aromatic carbocycles. The zero-order valence-electron chi connectivity index (χ0n) is 16.0. The number of carboxylic acids is 1. The van der Waals surface area contributed by atoms with Gasteiger partial charge in [-0.1, -0.05) is 34.5 Å². The number of H-pyrrole nitrogens is 1. The first kappa shape index (κ1) is 22.2. The fourth-order valence-corrected chi connectivity index (χ4v) is 4.53. The van der Waals surface area contributed by atoms with E-state index in [0.29, 0.717) is 47.5 Å². The Labute approximate surface area is 186 Å². The predicted octanol–water partition coefficient (Wildman–Crippen LogP) is 2.17. The molecule has 1 saturated heterocycles. The van der Waals surface area contributed by atoms with E-state index in [2.05, 4.69) is 20.6 Å². The lowest BCUT2D eigenvalue weighted by Gasteiger charge is -2.32. The molecule has 13 heteroatoms. The Morgan fingerprint density at radius 3 is 2.57 bits per heavy atom. The maximum Gasteiger partial charge on any atom is 0.347 e. The van der Waals surface area contributed by atoms with Gasteiger partial charge in [-0.15, -0.1) is 0 Å². The van der Waals surface area contributed by atoms with Gasteiger partial charge in [-0.3, -0.25) is 10.2 Å². The highest BCUT2D eigenvalue weighted by Gasteiger charge is 2.27. The fourth-order valence-electron chi connectivity index (χ4n) is 3.14. The summed E-state index contributed by atoms with van der Waals surface area (Å²) in [5, 5.41) is 23.3. The molecule has 1 aliphatic heterocycles. The Morgan fingerprint density at radius 1 is 1.37 bits per heavy atom. The van der Waals surface area contributed by atoms with Crippen molar-refractivity contribution in [2.45, 2.75) is 32.4 Å². The highest BCUT2D eigenvalue weighted by molar-refractivity contribution is 7.17. The van der Waals surface area contributed by atoms with Crippen molar-refractivity contribution >= 4 is 57.5 Å². The molecule has 0 spiro atoms. The van der Waals surface area contributed by atoms with Crippen molar-refractivity contribution in [3.8, 4) is 0 Å². The van der Waals surface area contributed by atoms with Crippen LogP contribution in [0.15, 0.2) is 0 Å². The minimum absolute atomic E-state index is 0.0510. The van der Waals surface area contributed by atoms with Crippen molar-refractivity contribution in [3.63, 3.8) is 0 Å². The van der Waals surface area contributed by atoms with Crippen LogP contribution in [0.5, 0.6) is 0 Å². The third-order valence-corrected chi connectivity index (χ3v) is 6.80. The summed E-state index contributed by atoms with van der Waals surface area (Å²) in [6, 6.07) is -0.0510. The predicted molar refractivity (Wildman–Crippen MR) is 116 cm³/mol. The first-order chi connectivity index (χ1) is 14.2. The standard InChI is InChI=1S/C17H21Cl2N7O3S/c1-7-10(18)11(19)12(23-7)14(27)24-8-2-4-26(5-3-8)17-25-9(6-22-16(20)21)13(30-17)15(28)29/h8,23H,2-6H2,1H3,(H,24,27)(H,28,29)(H4,20,21,22). The van der Waals surface area contributed by atoms with E-state index in [1.165, 1.54) is 0 Å². The summed E-state index contributed by atoms with van der Waals surface area (Å²) in [5.41, 5.74) is 6.48. The quantitative estimate of drug-likeness (QED) is 0.276. The summed E-state index contributed by atoms with van der Waals surface area (Å²) in [6.45, 7) is 3.02. The highest BCUT2D eigenvalue weighted by Crippen LogP contribution is 2.30. The lowest BCUT2D eigenvalue weighted by atomic mass is 10.1. The molecule has 1 amide bonds. The first-order valence-electron chi connectivity index (χ1n) is 9.07. The maximum absolute atomic E-state index is 12.5. The molecule has 30 heavy (non-hydrogen) atoms. The molecular formula is C17H21Cl2N7O3S. The number of nitrogens with two attached hydrogens (primary N) is 1. The van der Waals surface area contributed by atoms with E-state index in [0.717, 1.165) is 11.3 Å². The largest absolute Gasteiger partial charge is 0.477 e. The van der Waals surface area contributed by atoms with E-state index in [1.807, 2.05) is 4.90 Å². The summed E-state index contributed by atoms with van der Waals surface area (Å²) in [5.74, 6) is -1.64. The van der Waals surface area contributed by atoms with Crippen LogP contribution in [-0.2, 0) is 6.54 Å². The van der Waals surface area contributed by atoms with Crippen molar-refractivity contribution in [2.24, 2.45) is 5.73 Å². The van der Waals surface area contributed by atoms with Crippen LogP contribution in [-0.4, -0.2) is 52.0 Å². The lowest BCUT2D eigenvalue weighted by molar-refractivity contribution is 0.0700. The van der Waals surface area contributed by atoms with Crippen LogP contribution >= 0.6 is 34.5 Å². The van der Waals surface area contributed by atoms with E-state index in [9.17, 15) is 14.7 Å². The number of nitrogens with one attached hydrogen (secondary N) is 4. The van der Waals surface area contributed by atoms with Crippen LogP contribution < -0.4 is 21.3 Å².